The zero-order valence-corrected chi connectivity index (χ0v) is 13.1. The van der Waals surface area contributed by atoms with Crippen molar-refractivity contribution in [3.05, 3.63) is 29.8 Å². The number of aliphatic carboxylic acids is 1. The maximum Gasteiger partial charge on any atom is 0.321 e. The van der Waals surface area contributed by atoms with Crippen LogP contribution in [0.3, 0.4) is 0 Å². The standard InChI is InChI=1S/C15H21NO9/c17-6-15(24)12(21)10(19)11(20)13(25-15)16-9(14(22)23)5-7-1-3-8(18)4-2-7/h1-4,9-13,16-21,24H,5-6H2,(H,22,23)/t9?,10-,11+,12+,13?,15+/m1/s1. The summed E-state index contributed by atoms with van der Waals surface area (Å²) in [5, 5.41) is 69.6. The average Bonchev–Trinajstić information content (AvgIpc) is 2.58. The Hall–Kier alpha value is -1.79. The van der Waals surface area contributed by atoms with E-state index in [1.165, 1.54) is 24.3 Å². The van der Waals surface area contributed by atoms with Gasteiger partial charge in [-0.2, -0.15) is 0 Å². The molecule has 10 nitrogen and oxygen atoms in total. The molecule has 1 heterocycles. The van der Waals surface area contributed by atoms with Crippen LogP contribution in [0.25, 0.3) is 0 Å². The topological polar surface area (TPSA) is 180 Å². The monoisotopic (exact) mass is 359 g/mol. The lowest BCUT2D eigenvalue weighted by Crippen LogP contribution is -2.70. The molecule has 0 bridgehead atoms. The Morgan fingerprint density at radius 1 is 1.20 bits per heavy atom. The molecule has 1 aliphatic rings. The van der Waals surface area contributed by atoms with E-state index in [0.717, 1.165) is 0 Å². The number of aliphatic hydroxyl groups excluding tert-OH is 4. The number of aromatic hydroxyl groups is 1. The van der Waals surface area contributed by atoms with Crippen molar-refractivity contribution in [3.63, 3.8) is 0 Å². The molecule has 0 aromatic heterocycles. The first-order chi connectivity index (χ1) is 11.7. The minimum atomic E-state index is -2.56. The van der Waals surface area contributed by atoms with Gasteiger partial charge in [0.05, 0.1) is 6.61 Å². The van der Waals surface area contributed by atoms with E-state index in [2.05, 4.69) is 5.32 Å². The van der Waals surface area contributed by atoms with Gasteiger partial charge in [0, 0.05) is 0 Å². The van der Waals surface area contributed by atoms with Crippen molar-refractivity contribution in [2.75, 3.05) is 6.61 Å². The summed E-state index contributed by atoms with van der Waals surface area (Å²) in [4.78, 5) is 11.5. The normalized spacial score (nSPS) is 33.8. The second kappa shape index (κ2) is 7.62. The highest BCUT2D eigenvalue weighted by molar-refractivity contribution is 5.74. The fourth-order valence-electron chi connectivity index (χ4n) is 2.54. The lowest BCUT2D eigenvalue weighted by Gasteiger charge is -2.45. The molecule has 1 aliphatic heterocycles. The van der Waals surface area contributed by atoms with Crippen LogP contribution in [0.2, 0.25) is 0 Å². The molecule has 0 amide bonds. The second-order valence-corrected chi connectivity index (χ2v) is 5.90. The molecule has 140 valence electrons. The minimum absolute atomic E-state index is 0.0136. The summed E-state index contributed by atoms with van der Waals surface area (Å²) in [5.41, 5.74) is 0.556. The van der Waals surface area contributed by atoms with Crippen LogP contribution in [0, 0.1) is 0 Å². The molecule has 0 spiro atoms. The van der Waals surface area contributed by atoms with Crippen LogP contribution >= 0.6 is 0 Å². The third-order valence-electron chi connectivity index (χ3n) is 4.04. The zero-order chi connectivity index (χ0) is 18.8. The molecule has 0 saturated carbocycles. The zero-order valence-electron chi connectivity index (χ0n) is 13.1. The number of carboxylic acid groups (broad SMARTS) is 1. The highest BCUT2D eigenvalue weighted by Crippen LogP contribution is 2.27. The molecule has 2 rings (SSSR count). The number of carbonyl (C=O) groups is 1. The van der Waals surface area contributed by atoms with Gasteiger partial charge in [-0.25, -0.2) is 0 Å². The molecule has 0 radical (unpaired) electrons. The summed E-state index contributed by atoms with van der Waals surface area (Å²) in [6.07, 6.45) is -7.21. The van der Waals surface area contributed by atoms with E-state index in [1.54, 1.807) is 0 Å². The summed E-state index contributed by atoms with van der Waals surface area (Å²) < 4.78 is 4.99. The molecular weight excluding hydrogens is 338 g/mol. The first kappa shape index (κ1) is 19.5. The lowest BCUT2D eigenvalue weighted by atomic mass is 9.95. The van der Waals surface area contributed by atoms with Gasteiger partial charge >= 0.3 is 5.97 Å². The molecular formula is C15H21NO9. The van der Waals surface area contributed by atoms with Crippen molar-refractivity contribution >= 4 is 5.97 Å². The molecule has 0 aliphatic carbocycles. The molecule has 1 aromatic rings. The quantitative estimate of drug-likeness (QED) is 0.262. The Kier molecular flexibility index (Phi) is 5.95. The summed E-state index contributed by atoms with van der Waals surface area (Å²) in [6, 6.07) is 4.49. The van der Waals surface area contributed by atoms with Crippen LogP contribution in [-0.2, 0) is 16.0 Å². The van der Waals surface area contributed by atoms with E-state index >= 15 is 0 Å². The number of rotatable bonds is 6. The highest BCUT2D eigenvalue weighted by Gasteiger charge is 2.53. The molecule has 8 N–H and O–H groups in total. The Labute approximate surface area is 142 Å². The van der Waals surface area contributed by atoms with Crippen molar-refractivity contribution in [3.8, 4) is 5.75 Å². The number of phenolic OH excluding ortho intramolecular Hbond substituents is 1. The van der Waals surface area contributed by atoms with Crippen LogP contribution < -0.4 is 5.32 Å². The molecule has 1 aromatic carbocycles. The minimum Gasteiger partial charge on any atom is -0.508 e. The van der Waals surface area contributed by atoms with Crippen molar-refractivity contribution < 1.29 is 45.3 Å². The summed E-state index contributed by atoms with van der Waals surface area (Å²) in [6.45, 7) is -1.08. The molecule has 6 atom stereocenters. The highest BCUT2D eigenvalue weighted by atomic mass is 16.7. The van der Waals surface area contributed by atoms with E-state index in [-0.39, 0.29) is 12.2 Å². The molecule has 1 saturated heterocycles. The fourth-order valence-corrected chi connectivity index (χ4v) is 2.54. The number of hydrogen-bond acceptors (Lipinski definition) is 9. The number of nitrogens with one attached hydrogen (secondary N) is 1. The van der Waals surface area contributed by atoms with Gasteiger partial charge in [-0.15, -0.1) is 0 Å². The number of carboxylic acids is 1. The van der Waals surface area contributed by atoms with Gasteiger partial charge in [-0.1, -0.05) is 12.1 Å². The number of benzene rings is 1. The van der Waals surface area contributed by atoms with Crippen molar-refractivity contribution in [1.29, 1.82) is 0 Å². The largest absolute Gasteiger partial charge is 0.508 e. The molecule has 10 heteroatoms. The van der Waals surface area contributed by atoms with E-state index in [0.29, 0.717) is 5.56 Å². The lowest BCUT2D eigenvalue weighted by molar-refractivity contribution is -0.360. The Morgan fingerprint density at radius 3 is 2.32 bits per heavy atom. The van der Waals surface area contributed by atoms with E-state index < -0.39 is 48.9 Å². The van der Waals surface area contributed by atoms with Gasteiger partial charge < -0.3 is 40.5 Å². The summed E-state index contributed by atoms with van der Waals surface area (Å²) >= 11 is 0. The molecule has 1 fully saturated rings. The van der Waals surface area contributed by atoms with Crippen molar-refractivity contribution in [1.82, 2.24) is 5.32 Å². The van der Waals surface area contributed by atoms with Crippen LogP contribution in [0.15, 0.2) is 24.3 Å². The van der Waals surface area contributed by atoms with E-state index in [1.807, 2.05) is 0 Å². The fraction of sp³-hybridized carbons (Fsp3) is 0.533. The predicted molar refractivity (Wildman–Crippen MR) is 81.3 cm³/mol. The smallest absolute Gasteiger partial charge is 0.321 e. The van der Waals surface area contributed by atoms with Crippen molar-refractivity contribution in [2.45, 2.75) is 42.8 Å². The maximum absolute atomic E-state index is 11.5. The Morgan fingerprint density at radius 2 is 1.80 bits per heavy atom. The van der Waals surface area contributed by atoms with Gasteiger partial charge in [0.1, 0.15) is 36.3 Å². The van der Waals surface area contributed by atoms with Gasteiger partial charge in [-0.3, -0.25) is 10.1 Å². The number of ether oxygens (including phenoxy) is 1. The third-order valence-corrected chi connectivity index (χ3v) is 4.04. The number of hydrogen-bond donors (Lipinski definition) is 8. The number of phenols is 1. The Bertz CT molecular complexity index is 595. The van der Waals surface area contributed by atoms with Crippen LogP contribution in [0.4, 0.5) is 0 Å². The van der Waals surface area contributed by atoms with Gasteiger partial charge in [0.2, 0.25) is 5.79 Å². The van der Waals surface area contributed by atoms with Crippen LogP contribution in [0.5, 0.6) is 5.75 Å². The third kappa shape index (κ3) is 4.25. The average molecular weight is 359 g/mol. The van der Waals surface area contributed by atoms with Gasteiger partial charge in [0.15, 0.2) is 0 Å². The first-order valence-electron chi connectivity index (χ1n) is 7.50. The maximum atomic E-state index is 11.5. The molecule has 2 unspecified atom stereocenters. The van der Waals surface area contributed by atoms with Gasteiger partial charge in [-0.05, 0) is 24.1 Å². The summed E-state index contributed by atoms with van der Waals surface area (Å²) in [7, 11) is 0. The second-order valence-electron chi connectivity index (χ2n) is 5.90. The van der Waals surface area contributed by atoms with Gasteiger partial charge in [0.25, 0.3) is 0 Å². The predicted octanol–water partition coefficient (Wildman–Crippen LogP) is -2.90. The van der Waals surface area contributed by atoms with Crippen LogP contribution in [0.1, 0.15) is 5.56 Å². The summed E-state index contributed by atoms with van der Waals surface area (Å²) in [5.74, 6) is -3.84. The Balaban J connectivity index is 2.14. The first-order valence-corrected chi connectivity index (χ1v) is 7.50. The SMILES string of the molecule is O=C(O)C(Cc1ccc(O)cc1)NC1O[C@@](O)(CO)[C@@H](O)[C@H](O)[C@@H]1O. The van der Waals surface area contributed by atoms with Crippen LogP contribution in [-0.4, -0.2) is 84.7 Å². The van der Waals surface area contributed by atoms with E-state index in [4.69, 9.17) is 9.84 Å². The van der Waals surface area contributed by atoms with Crippen molar-refractivity contribution in [2.24, 2.45) is 0 Å². The number of aliphatic hydroxyl groups is 5. The molecule has 25 heavy (non-hydrogen) atoms. The van der Waals surface area contributed by atoms with E-state index in [9.17, 15) is 35.4 Å².